The Bertz CT molecular complexity index is 466. The molecule has 5 heteroatoms. The lowest BCUT2D eigenvalue weighted by Gasteiger charge is -2.27. The summed E-state index contributed by atoms with van der Waals surface area (Å²) in [4.78, 5) is 22.2. The van der Waals surface area contributed by atoms with Crippen LogP contribution in [0.4, 0.5) is 0 Å². The van der Waals surface area contributed by atoms with Gasteiger partial charge in [-0.15, -0.1) is 0 Å². The Morgan fingerprint density at radius 1 is 1.35 bits per heavy atom. The van der Waals surface area contributed by atoms with Gasteiger partial charge in [0, 0.05) is 5.02 Å². The molecule has 0 amide bonds. The van der Waals surface area contributed by atoms with Crippen LogP contribution in [0.3, 0.4) is 0 Å². The Kier molecular flexibility index (Phi) is 3.33. The number of carboxylic acid groups (broad SMARTS) is 1. The molecular weight excluding hydrogens is 244 g/mol. The molecule has 1 aromatic rings. The summed E-state index contributed by atoms with van der Waals surface area (Å²) >= 11 is 5.75. The van der Waals surface area contributed by atoms with Crippen LogP contribution in [0.15, 0.2) is 18.2 Å². The van der Waals surface area contributed by atoms with Crippen molar-refractivity contribution in [1.82, 2.24) is 0 Å². The minimum Gasteiger partial charge on any atom is -0.490 e. The number of carboxylic acids is 1. The van der Waals surface area contributed by atoms with Gasteiger partial charge >= 0.3 is 5.97 Å². The zero-order chi connectivity index (χ0) is 12.4. The van der Waals surface area contributed by atoms with Crippen LogP contribution in [0.5, 0.6) is 5.75 Å². The molecule has 0 aliphatic heterocycles. The summed E-state index contributed by atoms with van der Waals surface area (Å²) < 4.78 is 5.56. The summed E-state index contributed by atoms with van der Waals surface area (Å²) in [6.07, 6.45) is 3.05. The van der Waals surface area contributed by atoms with Crippen molar-refractivity contribution in [2.75, 3.05) is 0 Å². The molecule has 1 fully saturated rings. The number of aliphatic carboxylic acids is 1. The predicted octanol–water partition coefficient (Wildman–Crippen LogP) is 2.54. The van der Waals surface area contributed by atoms with Gasteiger partial charge in [-0.1, -0.05) is 11.6 Å². The monoisotopic (exact) mass is 254 g/mol. The third-order valence-electron chi connectivity index (χ3n) is 2.73. The van der Waals surface area contributed by atoms with Gasteiger partial charge in [-0.3, -0.25) is 4.79 Å². The van der Waals surface area contributed by atoms with Crippen LogP contribution in [0, 0.1) is 0 Å². The Balaban J connectivity index is 2.29. The van der Waals surface area contributed by atoms with Gasteiger partial charge in [0.05, 0.1) is 11.7 Å². The minimum atomic E-state index is -1.51. The number of hydrogen-bond donors (Lipinski definition) is 1. The van der Waals surface area contributed by atoms with Gasteiger partial charge in [-0.2, -0.15) is 0 Å². The summed E-state index contributed by atoms with van der Waals surface area (Å²) in [5.74, 6) is -2.21. The van der Waals surface area contributed by atoms with Crippen molar-refractivity contribution in [2.45, 2.75) is 25.4 Å². The average Bonchev–Trinajstić information content (AvgIpc) is 2.23. The van der Waals surface area contributed by atoms with Gasteiger partial charge in [0.25, 0.3) is 5.78 Å². The highest BCUT2D eigenvalue weighted by atomic mass is 35.5. The second kappa shape index (κ2) is 4.75. The Labute approximate surface area is 103 Å². The first-order valence-corrected chi connectivity index (χ1v) is 5.69. The highest BCUT2D eigenvalue weighted by molar-refractivity contribution is 6.41. The first-order chi connectivity index (χ1) is 8.08. The van der Waals surface area contributed by atoms with Crippen molar-refractivity contribution in [3.8, 4) is 5.75 Å². The molecule has 0 heterocycles. The Hall–Kier alpha value is -1.55. The molecule has 0 radical (unpaired) electrons. The number of halogens is 1. The molecule has 17 heavy (non-hydrogen) atoms. The third-order valence-corrected chi connectivity index (χ3v) is 2.96. The van der Waals surface area contributed by atoms with Crippen LogP contribution in [0.2, 0.25) is 5.02 Å². The van der Waals surface area contributed by atoms with E-state index in [0.29, 0.717) is 10.8 Å². The third kappa shape index (κ3) is 2.58. The summed E-state index contributed by atoms with van der Waals surface area (Å²) in [5.41, 5.74) is 0.0110. The SMILES string of the molecule is O=C(O)C(=O)c1cc(Cl)ccc1OC1CCC1. The van der Waals surface area contributed by atoms with Crippen LogP contribution in [-0.2, 0) is 4.79 Å². The van der Waals surface area contributed by atoms with E-state index in [9.17, 15) is 9.59 Å². The smallest absolute Gasteiger partial charge is 0.377 e. The quantitative estimate of drug-likeness (QED) is 0.662. The number of carbonyl (C=O) groups excluding carboxylic acids is 1. The molecule has 0 atom stereocenters. The Morgan fingerprint density at radius 2 is 2.06 bits per heavy atom. The summed E-state index contributed by atoms with van der Waals surface area (Å²) in [6, 6.07) is 4.44. The summed E-state index contributed by atoms with van der Waals surface area (Å²) in [7, 11) is 0. The predicted molar refractivity (Wildman–Crippen MR) is 61.7 cm³/mol. The van der Waals surface area contributed by atoms with E-state index in [-0.39, 0.29) is 11.7 Å². The van der Waals surface area contributed by atoms with E-state index in [1.807, 2.05) is 0 Å². The average molecular weight is 255 g/mol. The van der Waals surface area contributed by atoms with Crippen molar-refractivity contribution in [2.24, 2.45) is 0 Å². The lowest BCUT2D eigenvalue weighted by molar-refractivity contribution is -0.131. The molecular formula is C12H11ClO4. The summed E-state index contributed by atoms with van der Waals surface area (Å²) in [5, 5.41) is 9.02. The van der Waals surface area contributed by atoms with Crippen molar-refractivity contribution in [3.63, 3.8) is 0 Å². The molecule has 1 saturated carbocycles. The number of benzene rings is 1. The van der Waals surface area contributed by atoms with Crippen LogP contribution < -0.4 is 4.74 Å². The molecule has 90 valence electrons. The van der Waals surface area contributed by atoms with E-state index in [4.69, 9.17) is 21.4 Å². The van der Waals surface area contributed by atoms with Gasteiger partial charge in [-0.25, -0.2) is 4.79 Å². The zero-order valence-electron chi connectivity index (χ0n) is 8.98. The largest absolute Gasteiger partial charge is 0.490 e. The van der Waals surface area contributed by atoms with Crippen molar-refractivity contribution in [3.05, 3.63) is 28.8 Å². The standard InChI is InChI=1S/C12H11ClO4/c13-7-4-5-10(17-8-2-1-3-8)9(6-7)11(14)12(15)16/h4-6,8H,1-3H2,(H,15,16). The highest BCUT2D eigenvalue weighted by Gasteiger charge is 2.24. The fourth-order valence-electron chi connectivity index (χ4n) is 1.57. The molecule has 0 aromatic heterocycles. The number of carbonyl (C=O) groups is 2. The first-order valence-electron chi connectivity index (χ1n) is 5.32. The fraction of sp³-hybridized carbons (Fsp3) is 0.333. The maximum absolute atomic E-state index is 11.5. The molecule has 0 spiro atoms. The van der Waals surface area contributed by atoms with Crippen molar-refractivity contribution < 1.29 is 19.4 Å². The number of Topliss-reactive ketones (excluding diaryl/α,β-unsaturated/α-hetero) is 1. The first kappa shape index (κ1) is 11.9. The van der Waals surface area contributed by atoms with Gasteiger partial charge < -0.3 is 9.84 Å². The van der Waals surface area contributed by atoms with Crippen LogP contribution in [0.1, 0.15) is 29.6 Å². The topological polar surface area (TPSA) is 63.6 Å². The number of ether oxygens (including phenoxy) is 1. The lowest BCUT2D eigenvalue weighted by Crippen LogP contribution is -2.26. The molecule has 1 aliphatic rings. The molecule has 0 saturated heterocycles. The fourth-order valence-corrected chi connectivity index (χ4v) is 1.74. The van der Waals surface area contributed by atoms with Crippen LogP contribution >= 0.6 is 11.6 Å². The van der Waals surface area contributed by atoms with Gasteiger partial charge in [0.15, 0.2) is 0 Å². The van der Waals surface area contributed by atoms with Gasteiger partial charge in [-0.05, 0) is 37.5 Å². The number of ketones is 1. The maximum atomic E-state index is 11.5. The van der Waals surface area contributed by atoms with Gasteiger partial charge in [0.2, 0.25) is 0 Å². The van der Waals surface area contributed by atoms with Crippen molar-refractivity contribution >= 4 is 23.4 Å². The second-order valence-corrected chi connectivity index (χ2v) is 4.38. The van der Waals surface area contributed by atoms with E-state index in [1.165, 1.54) is 12.1 Å². The molecule has 2 rings (SSSR count). The molecule has 1 aliphatic carbocycles. The second-order valence-electron chi connectivity index (χ2n) is 3.95. The molecule has 0 bridgehead atoms. The van der Waals surface area contributed by atoms with E-state index >= 15 is 0 Å². The van der Waals surface area contributed by atoms with E-state index in [2.05, 4.69) is 0 Å². The van der Waals surface area contributed by atoms with Gasteiger partial charge in [0.1, 0.15) is 5.75 Å². The number of hydrogen-bond acceptors (Lipinski definition) is 3. The molecule has 1 N–H and O–H groups in total. The van der Waals surface area contributed by atoms with Crippen molar-refractivity contribution in [1.29, 1.82) is 0 Å². The lowest BCUT2D eigenvalue weighted by atomic mass is 9.96. The van der Waals surface area contributed by atoms with Crippen LogP contribution in [0.25, 0.3) is 0 Å². The summed E-state index contributed by atoms with van der Waals surface area (Å²) in [6.45, 7) is 0. The normalized spacial score (nSPS) is 15.1. The zero-order valence-corrected chi connectivity index (χ0v) is 9.74. The molecule has 0 unspecified atom stereocenters. The maximum Gasteiger partial charge on any atom is 0.377 e. The van der Waals surface area contributed by atoms with E-state index < -0.39 is 11.8 Å². The van der Waals surface area contributed by atoms with E-state index in [1.54, 1.807) is 6.07 Å². The molecule has 4 nitrogen and oxygen atoms in total. The van der Waals surface area contributed by atoms with E-state index in [0.717, 1.165) is 19.3 Å². The highest BCUT2D eigenvalue weighted by Crippen LogP contribution is 2.29. The minimum absolute atomic E-state index is 0.0110. The van der Waals surface area contributed by atoms with Crippen LogP contribution in [-0.4, -0.2) is 23.0 Å². The Morgan fingerprint density at radius 3 is 2.59 bits per heavy atom. The number of rotatable bonds is 4. The molecule has 1 aromatic carbocycles.